The van der Waals surface area contributed by atoms with Crippen LogP contribution in [0.2, 0.25) is 0 Å². The normalized spacial score (nSPS) is 32.0. The lowest BCUT2D eigenvalue weighted by molar-refractivity contribution is 0.123. The van der Waals surface area contributed by atoms with Crippen molar-refractivity contribution in [2.24, 2.45) is 0 Å². The third-order valence-corrected chi connectivity index (χ3v) is 5.04. The zero-order valence-corrected chi connectivity index (χ0v) is 13.0. The van der Waals surface area contributed by atoms with Crippen molar-refractivity contribution in [3.63, 3.8) is 0 Å². The molecule has 1 aromatic carbocycles. The van der Waals surface area contributed by atoms with Gasteiger partial charge in [-0.3, -0.25) is 4.90 Å². The largest absolute Gasteiger partial charge is 0.312 e. The van der Waals surface area contributed by atoms with Crippen molar-refractivity contribution in [3.8, 4) is 0 Å². The first kappa shape index (κ1) is 14.1. The number of benzene rings is 1. The molecule has 1 aliphatic carbocycles. The Morgan fingerprint density at radius 3 is 2.80 bits per heavy atom. The van der Waals surface area contributed by atoms with Gasteiger partial charge < -0.3 is 10.2 Å². The second kappa shape index (κ2) is 5.84. The molecule has 0 radical (unpaired) electrons. The van der Waals surface area contributed by atoms with E-state index >= 15 is 0 Å². The van der Waals surface area contributed by atoms with Gasteiger partial charge in [-0.15, -0.1) is 0 Å². The van der Waals surface area contributed by atoms with Gasteiger partial charge in [-0.1, -0.05) is 24.3 Å². The molecular formula is C17H27N3. The minimum absolute atomic E-state index is 0.483. The molecule has 3 heteroatoms. The highest BCUT2D eigenvalue weighted by Gasteiger charge is 2.37. The van der Waals surface area contributed by atoms with Gasteiger partial charge in [0.05, 0.1) is 0 Å². The maximum Gasteiger partial charge on any atom is 0.0481 e. The summed E-state index contributed by atoms with van der Waals surface area (Å²) in [5.41, 5.74) is 3.03. The minimum Gasteiger partial charge on any atom is -0.312 e. The summed E-state index contributed by atoms with van der Waals surface area (Å²) in [6, 6.07) is 10.7. The molecule has 0 aromatic heterocycles. The topological polar surface area (TPSA) is 18.5 Å². The summed E-state index contributed by atoms with van der Waals surface area (Å²) in [6.07, 6.45) is 2.47. The fourth-order valence-electron chi connectivity index (χ4n) is 4.11. The first-order chi connectivity index (χ1) is 9.70. The monoisotopic (exact) mass is 273 g/mol. The maximum absolute atomic E-state index is 3.56. The van der Waals surface area contributed by atoms with Crippen LogP contribution in [-0.4, -0.2) is 55.6 Å². The quantitative estimate of drug-likeness (QED) is 0.888. The number of hydrogen-bond acceptors (Lipinski definition) is 3. The SMILES string of the molecule is CNC1c2ccccc2CC1N1CCCN(C)CC1C. The Kier molecular flexibility index (Phi) is 4.11. The summed E-state index contributed by atoms with van der Waals surface area (Å²) >= 11 is 0. The van der Waals surface area contributed by atoms with Gasteiger partial charge in [0.1, 0.15) is 0 Å². The van der Waals surface area contributed by atoms with Crippen molar-refractivity contribution in [3.05, 3.63) is 35.4 Å². The minimum atomic E-state index is 0.483. The number of nitrogens with one attached hydrogen (secondary N) is 1. The van der Waals surface area contributed by atoms with Gasteiger partial charge in [-0.05, 0) is 51.5 Å². The van der Waals surface area contributed by atoms with E-state index in [1.807, 2.05) is 0 Å². The van der Waals surface area contributed by atoms with E-state index in [4.69, 9.17) is 0 Å². The average Bonchev–Trinajstić information content (AvgIpc) is 2.72. The van der Waals surface area contributed by atoms with E-state index in [0.29, 0.717) is 18.1 Å². The Hall–Kier alpha value is -0.900. The molecule has 3 atom stereocenters. The molecule has 110 valence electrons. The van der Waals surface area contributed by atoms with Crippen LogP contribution < -0.4 is 5.32 Å². The second-order valence-corrected chi connectivity index (χ2v) is 6.44. The van der Waals surface area contributed by atoms with Gasteiger partial charge in [0.2, 0.25) is 0 Å². The third kappa shape index (κ3) is 2.50. The van der Waals surface area contributed by atoms with Crippen molar-refractivity contribution in [2.75, 3.05) is 33.7 Å². The summed E-state index contributed by atoms with van der Waals surface area (Å²) in [7, 11) is 4.35. The number of rotatable bonds is 2. The van der Waals surface area contributed by atoms with Crippen molar-refractivity contribution < 1.29 is 0 Å². The van der Waals surface area contributed by atoms with Crippen LogP contribution in [-0.2, 0) is 6.42 Å². The van der Waals surface area contributed by atoms with Crippen LogP contribution in [0.3, 0.4) is 0 Å². The molecule has 1 aliphatic heterocycles. The lowest BCUT2D eigenvalue weighted by Crippen LogP contribution is -2.48. The number of likely N-dealkylation sites (N-methyl/N-ethyl adjacent to an activating group) is 2. The fourth-order valence-corrected chi connectivity index (χ4v) is 4.11. The van der Waals surface area contributed by atoms with E-state index < -0.39 is 0 Å². The maximum atomic E-state index is 3.56. The van der Waals surface area contributed by atoms with E-state index in [9.17, 15) is 0 Å². The molecule has 0 saturated carbocycles. The first-order valence-corrected chi connectivity index (χ1v) is 7.90. The van der Waals surface area contributed by atoms with Crippen molar-refractivity contribution >= 4 is 0 Å². The second-order valence-electron chi connectivity index (χ2n) is 6.44. The van der Waals surface area contributed by atoms with Crippen LogP contribution in [0.15, 0.2) is 24.3 Å². The molecule has 2 aliphatic rings. The van der Waals surface area contributed by atoms with Crippen LogP contribution in [0.5, 0.6) is 0 Å². The Labute approximate surface area is 123 Å². The predicted octanol–water partition coefficient (Wildman–Crippen LogP) is 1.90. The molecule has 1 saturated heterocycles. The molecule has 1 N–H and O–H groups in total. The lowest BCUT2D eigenvalue weighted by atomic mass is 10.0. The molecule has 1 heterocycles. The summed E-state index contributed by atoms with van der Waals surface area (Å²) in [5, 5.41) is 3.56. The summed E-state index contributed by atoms with van der Waals surface area (Å²) in [6.45, 7) is 6.02. The molecule has 1 fully saturated rings. The molecular weight excluding hydrogens is 246 g/mol. The van der Waals surface area contributed by atoms with Gasteiger partial charge in [-0.25, -0.2) is 0 Å². The molecule has 20 heavy (non-hydrogen) atoms. The van der Waals surface area contributed by atoms with Crippen LogP contribution in [0.25, 0.3) is 0 Å². The first-order valence-electron chi connectivity index (χ1n) is 7.90. The smallest absolute Gasteiger partial charge is 0.0481 e. The predicted molar refractivity (Wildman–Crippen MR) is 84.0 cm³/mol. The standard InChI is InChI=1S/C17H27N3/c1-13-12-19(3)9-6-10-20(13)16-11-14-7-4-5-8-15(14)17(16)18-2/h4-5,7-8,13,16-18H,6,9-12H2,1-3H3. The highest BCUT2D eigenvalue weighted by atomic mass is 15.3. The number of nitrogens with zero attached hydrogens (tertiary/aromatic N) is 2. The zero-order chi connectivity index (χ0) is 14.1. The summed E-state index contributed by atoms with van der Waals surface area (Å²) in [4.78, 5) is 5.21. The van der Waals surface area contributed by atoms with E-state index in [0.717, 1.165) is 0 Å². The van der Waals surface area contributed by atoms with Crippen molar-refractivity contribution in [1.29, 1.82) is 0 Å². The van der Waals surface area contributed by atoms with Crippen LogP contribution in [0, 0.1) is 0 Å². The van der Waals surface area contributed by atoms with Gasteiger partial charge >= 0.3 is 0 Å². The van der Waals surface area contributed by atoms with Crippen LogP contribution in [0.4, 0.5) is 0 Å². The third-order valence-electron chi connectivity index (χ3n) is 5.04. The molecule has 0 spiro atoms. The van der Waals surface area contributed by atoms with Gasteiger partial charge in [0.15, 0.2) is 0 Å². The molecule has 3 unspecified atom stereocenters. The number of hydrogen-bond donors (Lipinski definition) is 1. The van der Waals surface area contributed by atoms with Gasteiger partial charge in [0.25, 0.3) is 0 Å². The van der Waals surface area contributed by atoms with Crippen molar-refractivity contribution in [2.45, 2.75) is 37.9 Å². The Morgan fingerprint density at radius 1 is 1.20 bits per heavy atom. The van der Waals surface area contributed by atoms with Crippen LogP contribution in [0.1, 0.15) is 30.5 Å². The van der Waals surface area contributed by atoms with E-state index in [1.54, 1.807) is 0 Å². The van der Waals surface area contributed by atoms with E-state index in [1.165, 1.54) is 43.6 Å². The Balaban J connectivity index is 1.84. The number of fused-ring (bicyclic) bond motifs is 1. The molecule has 0 bridgehead atoms. The van der Waals surface area contributed by atoms with E-state index in [2.05, 4.69) is 60.4 Å². The van der Waals surface area contributed by atoms with Gasteiger partial charge in [-0.2, -0.15) is 0 Å². The highest BCUT2D eigenvalue weighted by Crippen LogP contribution is 2.35. The Bertz CT molecular complexity index is 459. The summed E-state index contributed by atoms with van der Waals surface area (Å²) < 4.78 is 0. The molecule has 3 rings (SSSR count). The fraction of sp³-hybridized carbons (Fsp3) is 0.647. The summed E-state index contributed by atoms with van der Waals surface area (Å²) in [5.74, 6) is 0. The van der Waals surface area contributed by atoms with Crippen LogP contribution >= 0.6 is 0 Å². The molecule has 0 amide bonds. The lowest BCUT2D eigenvalue weighted by Gasteiger charge is -2.36. The van der Waals surface area contributed by atoms with E-state index in [-0.39, 0.29) is 0 Å². The highest BCUT2D eigenvalue weighted by molar-refractivity contribution is 5.37. The molecule has 3 nitrogen and oxygen atoms in total. The van der Waals surface area contributed by atoms with Gasteiger partial charge in [0, 0.05) is 31.2 Å². The average molecular weight is 273 g/mol. The molecule has 1 aromatic rings. The van der Waals surface area contributed by atoms with Crippen molar-refractivity contribution in [1.82, 2.24) is 15.1 Å². The zero-order valence-electron chi connectivity index (χ0n) is 13.0. The Morgan fingerprint density at radius 2 is 2.00 bits per heavy atom.